The van der Waals surface area contributed by atoms with Crippen LogP contribution in [0.2, 0.25) is 0 Å². The van der Waals surface area contributed by atoms with Crippen LogP contribution in [-0.4, -0.2) is 50.5 Å². The van der Waals surface area contributed by atoms with Gasteiger partial charge >= 0.3 is 0 Å². The molecule has 0 bridgehead atoms. The number of carbonyl (C=O) groups is 2. The molecule has 2 rings (SSSR count). The summed E-state index contributed by atoms with van der Waals surface area (Å²) in [5, 5.41) is 5.68. The number of hydrogen-bond acceptors (Lipinski definition) is 4. The van der Waals surface area contributed by atoms with Gasteiger partial charge in [0.15, 0.2) is 12.4 Å². The van der Waals surface area contributed by atoms with Crippen molar-refractivity contribution in [3.63, 3.8) is 0 Å². The number of nitrogens with zero attached hydrogens (tertiary/aromatic N) is 1. The Morgan fingerprint density at radius 3 is 2.95 bits per heavy atom. The fourth-order valence-electron chi connectivity index (χ4n) is 1.87. The van der Waals surface area contributed by atoms with Gasteiger partial charge in [0.05, 0.1) is 11.3 Å². The van der Waals surface area contributed by atoms with E-state index in [0.29, 0.717) is 23.5 Å². The van der Waals surface area contributed by atoms with Crippen LogP contribution in [0.1, 0.15) is 10.4 Å². The second-order valence-electron chi connectivity index (χ2n) is 4.35. The van der Waals surface area contributed by atoms with Gasteiger partial charge in [-0.3, -0.25) is 9.59 Å². The second-order valence-corrected chi connectivity index (χ2v) is 4.35. The Morgan fingerprint density at radius 1 is 1.50 bits per heavy atom. The average Bonchev–Trinajstić information content (AvgIpc) is 2.42. The van der Waals surface area contributed by atoms with Crippen LogP contribution < -0.4 is 15.4 Å². The number of anilines is 1. The van der Waals surface area contributed by atoms with E-state index in [1.54, 1.807) is 30.1 Å². The highest BCUT2D eigenvalue weighted by Crippen LogP contribution is 2.32. The monoisotopic (exact) mass is 299 g/mol. The fourth-order valence-corrected chi connectivity index (χ4v) is 1.87. The van der Waals surface area contributed by atoms with E-state index in [4.69, 9.17) is 4.74 Å². The van der Waals surface area contributed by atoms with Gasteiger partial charge in [-0.25, -0.2) is 0 Å². The van der Waals surface area contributed by atoms with Crippen LogP contribution >= 0.6 is 12.4 Å². The molecule has 0 aromatic heterocycles. The van der Waals surface area contributed by atoms with Gasteiger partial charge in [0, 0.05) is 20.1 Å². The summed E-state index contributed by atoms with van der Waals surface area (Å²) in [5.74, 6) is 0.118. The standard InChI is InChI=1S/C13H17N3O3.ClH/c1-14-6-7-16(2)13(18)9-4-3-5-10-12(9)19-8-11(17)15-10;/h3-5,14H,6-8H2,1-2H3,(H,15,17);1H. The Bertz CT molecular complexity index is 508. The lowest BCUT2D eigenvalue weighted by molar-refractivity contribution is -0.118. The molecule has 0 saturated carbocycles. The first-order valence-corrected chi connectivity index (χ1v) is 6.09. The molecule has 1 heterocycles. The van der Waals surface area contributed by atoms with Crippen LogP contribution in [0.25, 0.3) is 0 Å². The van der Waals surface area contributed by atoms with Crippen LogP contribution in [-0.2, 0) is 4.79 Å². The van der Waals surface area contributed by atoms with Crippen molar-refractivity contribution in [2.24, 2.45) is 0 Å². The van der Waals surface area contributed by atoms with Crippen molar-refractivity contribution < 1.29 is 14.3 Å². The van der Waals surface area contributed by atoms with E-state index in [9.17, 15) is 9.59 Å². The van der Waals surface area contributed by atoms with Crippen molar-refractivity contribution in [3.05, 3.63) is 23.8 Å². The smallest absolute Gasteiger partial charge is 0.262 e. The number of hydrogen-bond donors (Lipinski definition) is 2. The second kappa shape index (κ2) is 7.12. The van der Waals surface area contributed by atoms with E-state index in [0.717, 1.165) is 6.54 Å². The Hall–Kier alpha value is -1.79. The number of fused-ring (bicyclic) bond motifs is 1. The molecule has 0 aliphatic carbocycles. The summed E-state index contributed by atoms with van der Waals surface area (Å²) in [6.45, 7) is 1.26. The van der Waals surface area contributed by atoms with Gasteiger partial charge in [0.2, 0.25) is 0 Å². The Labute approximate surface area is 123 Å². The molecule has 1 aromatic rings. The fraction of sp³-hybridized carbons (Fsp3) is 0.385. The molecular formula is C13H18ClN3O3. The van der Waals surface area contributed by atoms with E-state index in [-0.39, 0.29) is 30.8 Å². The number of amides is 2. The predicted octanol–water partition coefficient (Wildman–Crippen LogP) is 0.731. The molecule has 0 atom stereocenters. The number of para-hydroxylation sites is 1. The van der Waals surface area contributed by atoms with Gasteiger partial charge in [-0.1, -0.05) is 6.07 Å². The SMILES string of the molecule is CNCCN(C)C(=O)c1cccc2c1OCC(=O)N2.Cl. The number of benzene rings is 1. The molecule has 2 amide bonds. The topological polar surface area (TPSA) is 70.7 Å². The number of nitrogens with one attached hydrogen (secondary N) is 2. The molecule has 0 saturated heterocycles. The minimum atomic E-state index is -0.208. The Morgan fingerprint density at radius 2 is 2.25 bits per heavy atom. The largest absolute Gasteiger partial charge is 0.481 e. The molecule has 1 aliphatic rings. The molecule has 0 radical (unpaired) electrons. The van der Waals surface area contributed by atoms with Crippen molar-refractivity contribution in [1.82, 2.24) is 10.2 Å². The molecule has 0 unspecified atom stereocenters. The number of rotatable bonds is 4. The lowest BCUT2D eigenvalue weighted by atomic mass is 10.1. The van der Waals surface area contributed by atoms with Gasteiger partial charge in [0.25, 0.3) is 11.8 Å². The maximum atomic E-state index is 12.3. The Balaban J connectivity index is 0.00000200. The average molecular weight is 300 g/mol. The zero-order valence-corrected chi connectivity index (χ0v) is 12.3. The predicted molar refractivity (Wildman–Crippen MR) is 78.7 cm³/mol. The minimum Gasteiger partial charge on any atom is -0.481 e. The highest BCUT2D eigenvalue weighted by atomic mass is 35.5. The number of halogens is 1. The van der Waals surface area contributed by atoms with Crippen molar-refractivity contribution in [2.75, 3.05) is 39.1 Å². The molecule has 20 heavy (non-hydrogen) atoms. The molecule has 2 N–H and O–H groups in total. The van der Waals surface area contributed by atoms with Gasteiger partial charge in [-0.05, 0) is 19.2 Å². The minimum absolute atomic E-state index is 0. The van der Waals surface area contributed by atoms with Crippen molar-refractivity contribution in [2.45, 2.75) is 0 Å². The summed E-state index contributed by atoms with van der Waals surface area (Å²) < 4.78 is 5.37. The summed E-state index contributed by atoms with van der Waals surface area (Å²) in [5.41, 5.74) is 1.01. The molecule has 1 aliphatic heterocycles. The molecule has 0 spiro atoms. The van der Waals surface area contributed by atoms with E-state index in [1.165, 1.54) is 0 Å². The third kappa shape index (κ3) is 3.40. The van der Waals surface area contributed by atoms with Crippen LogP contribution in [0.3, 0.4) is 0 Å². The highest BCUT2D eigenvalue weighted by Gasteiger charge is 2.23. The van der Waals surface area contributed by atoms with Gasteiger partial charge < -0.3 is 20.3 Å². The lowest BCUT2D eigenvalue weighted by Gasteiger charge is -2.23. The van der Waals surface area contributed by atoms with Crippen LogP contribution in [0.5, 0.6) is 5.75 Å². The first kappa shape index (κ1) is 16.3. The maximum Gasteiger partial charge on any atom is 0.262 e. The van der Waals surface area contributed by atoms with Gasteiger partial charge in [-0.2, -0.15) is 0 Å². The van der Waals surface area contributed by atoms with Gasteiger partial charge in [0.1, 0.15) is 0 Å². The zero-order chi connectivity index (χ0) is 13.8. The molecular weight excluding hydrogens is 282 g/mol. The van der Waals surface area contributed by atoms with Crippen molar-refractivity contribution >= 4 is 29.9 Å². The molecule has 0 fully saturated rings. The number of carbonyl (C=O) groups excluding carboxylic acids is 2. The lowest BCUT2D eigenvalue weighted by Crippen LogP contribution is -2.34. The molecule has 110 valence electrons. The zero-order valence-electron chi connectivity index (χ0n) is 11.4. The molecule has 6 nitrogen and oxygen atoms in total. The molecule has 1 aromatic carbocycles. The van der Waals surface area contributed by atoms with E-state index < -0.39 is 0 Å². The summed E-state index contributed by atoms with van der Waals surface area (Å²) in [6.07, 6.45) is 0. The van der Waals surface area contributed by atoms with Crippen LogP contribution in [0.15, 0.2) is 18.2 Å². The third-order valence-corrected chi connectivity index (χ3v) is 2.91. The van der Waals surface area contributed by atoms with Crippen molar-refractivity contribution in [3.8, 4) is 5.75 Å². The number of likely N-dealkylation sites (N-methyl/N-ethyl adjacent to an activating group) is 2. The van der Waals surface area contributed by atoms with E-state index >= 15 is 0 Å². The van der Waals surface area contributed by atoms with Crippen LogP contribution in [0, 0.1) is 0 Å². The summed E-state index contributed by atoms with van der Waals surface area (Å²) in [6, 6.07) is 5.15. The quantitative estimate of drug-likeness (QED) is 0.860. The van der Waals surface area contributed by atoms with E-state index in [2.05, 4.69) is 10.6 Å². The number of ether oxygens (including phenoxy) is 1. The van der Waals surface area contributed by atoms with Crippen LogP contribution in [0.4, 0.5) is 5.69 Å². The summed E-state index contributed by atoms with van der Waals surface area (Å²) in [7, 11) is 3.57. The highest BCUT2D eigenvalue weighted by molar-refractivity contribution is 6.03. The molecule has 7 heteroatoms. The normalized spacial score (nSPS) is 12.6. The summed E-state index contributed by atoms with van der Waals surface area (Å²) in [4.78, 5) is 25.2. The van der Waals surface area contributed by atoms with Crippen molar-refractivity contribution in [1.29, 1.82) is 0 Å². The maximum absolute atomic E-state index is 12.3. The van der Waals surface area contributed by atoms with E-state index in [1.807, 2.05) is 7.05 Å². The first-order valence-electron chi connectivity index (χ1n) is 6.09. The Kier molecular flexibility index (Phi) is 5.79. The van der Waals surface area contributed by atoms with Gasteiger partial charge in [-0.15, -0.1) is 12.4 Å². The summed E-state index contributed by atoms with van der Waals surface area (Å²) >= 11 is 0. The first-order chi connectivity index (χ1) is 9.13. The third-order valence-electron chi connectivity index (χ3n) is 2.91.